The molecule has 0 bridgehead atoms. The van der Waals surface area contributed by atoms with Crippen LogP contribution in [0.4, 0.5) is 0 Å². The van der Waals surface area contributed by atoms with Gasteiger partial charge in [-0.05, 0) is 6.42 Å². The van der Waals surface area contributed by atoms with Crippen LogP contribution in [-0.4, -0.2) is 33.1 Å². The highest BCUT2D eigenvalue weighted by molar-refractivity contribution is 5.83. The number of nitrogens with one attached hydrogen (secondary N) is 2. The lowest BCUT2D eigenvalue weighted by Crippen LogP contribution is -2.42. The van der Waals surface area contributed by atoms with Gasteiger partial charge in [0.25, 0.3) is 0 Å². The first-order valence-corrected chi connectivity index (χ1v) is 5.54. The predicted molar refractivity (Wildman–Crippen MR) is 58.6 cm³/mol. The largest absolute Gasteiger partial charge is 0.355 e. The van der Waals surface area contributed by atoms with Crippen LogP contribution in [0, 0.1) is 5.92 Å². The monoisotopic (exact) mass is 237 g/mol. The van der Waals surface area contributed by atoms with E-state index in [1.165, 1.54) is 0 Å². The minimum Gasteiger partial charge on any atom is -0.355 e. The molecule has 2 heterocycles. The standard InChI is InChI=1S/C10H15N5O2/c1-15-6-13-14-8(15)5-12-10(17)7-2-3-9(16)11-4-7/h6-7H,2-5H2,1H3,(H,11,16)(H,12,17). The summed E-state index contributed by atoms with van der Waals surface area (Å²) in [5.41, 5.74) is 0. The summed E-state index contributed by atoms with van der Waals surface area (Å²) in [5.74, 6) is 0.537. The maximum absolute atomic E-state index is 11.8. The van der Waals surface area contributed by atoms with E-state index >= 15 is 0 Å². The van der Waals surface area contributed by atoms with Crippen LogP contribution in [0.5, 0.6) is 0 Å². The molecule has 2 amide bonds. The molecule has 0 aliphatic carbocycles. The predicted octanol–water partition coefficient (Wildman–Crippen LogP) is -1.04. The second-order valence-corrected chi connectivity index (χ2v) is 4.12. The summed E-state index contributed by atoms with van der Waals surface area (Å²) < 4.78 is 1.75. The molecule has 1 atom stereocenters. The Bertz CT molecular complexity index is 418. The second-order valence-electron chi connectivity index (χ2n) is 4.12. The number of amides is 2. The van der Waals surface area contributed by atoms with Gasteiger partial charge in [-0.2, -0.15) is 0 Å². The molecule has 7 nitrogen and oxygen atoms in total. The molecule has 1 aromatic rings. The number of aryl methyl sites for hydroxylation is 1. The van der Waals surface area contributed by atoms with Crippen LogP contribution in [0.1, 0.15) is 18.7 Å². The Morgan fingerprint density at radius 2 is 2.53 bits per heavy atom. The first kappa shape index (κ1) is 11.6. The van der Waals surface area contributed by atoms with E-state index in [1.54, 1.807) is 10.9 Å². The number of carbonyl (C=O) groups is 2. The van der Waals surface area contributed by atoms with Gasteiger partial charge in [0, 0.05) is 20.0 Å². The van der Waals surface area contributed by atoms with E-state index in [4.69, 9.17) is 0 Å². The van der Waals surface area contributed by atoms with Crippen LogP contribution >= 0.6 is 0 Å². The van der Waals surface area contributed by atoms with E-state index in [0.717, 1.165) is 0 Å². The fourth-order valence-corrected chi connectivity index (χ4v) is 1.73. The van der Waals surface area contributed by atoms with Crippen molar-refractivity contribution >= 4 is 11.8 Å². The van der Waals surface area contributed by atoms with Crippen LogP contribution in [-0.2, 0) is 23.2 Å². The van der Waals surface area contributed by atoms with E-state index in [9.17, 15) is 9.59 Å². The minimum atomic E-state index is -0.138. The Kier molecular flexibility index (Phi) is 3.36. The molecule has 1 aliphatic heterocycles. The van der Waals surface area contributed by atoms with Crippen molar-refractivity contribution in [2.75, 3.05) is 6.54 Å². The van der Waals surface area contributed by atoms with Crippen LogP contribution in [0.3, 0.4) is 0 Å². The molecule has 0 radical (unpaired) electrons. The fourth-order valence-electron chi connectivity index (χ4n) is 1.73. The third-order valence-electron chi connectivity index (χ3n) is 2.86. The van der Waals surface area contributed by atoms with Crippen molar-refractivity contribution in [1.82, 2.24) is 25.4 Å². The summed E-state index contributed by atoms with van der Waals surface area (Å²) in [6.07, 6.45) is 2.61. The van der Waals surface area contributed by atoms with Crippen LogP contribution in [0.15, 0.2) is 6.33 Å². The van der Waals surface area contributed by atoms with Gasteiger partial charge in [-0.1, -0.05) is 0 Å². The van der Waals surface area contributed by atoms with Gasteiger partial charge in [-0.3, -0.25) is 9.59 Å². The summed E-state index contributed by atoms with van der Waals surface area (Å²) in [4.78, 5) is 22.7. The van der Waals surface area contributed by atoms with E-state index in [0.29, 0.717) is 31.8 Å². The lowest BCUT2D eigenvalue weighted by Gasteiger charge is -2.21. The van der Waals surface area contributed by atoms with Gasteiger partial charge in [0.2, 0.25) is 11.8 Å². The number of nitrogens with zero attached hydrogens (tertiary/aromatic N) is 3. The number of hydrogen-bond donors (Lipinski definition) is 2. The van der Waals surface area contributed by atoms with Gasteiger partial charge in [-0.25, -0.2) is 0 Å². The van der Waals surface area contributed by atoms with Crippen molar-refractivity contribution in [3.05, 3.63) is 12.2 Å². The first-order chi connectivity index (χ1) is 8.16. The quantitative estimate of drug-likeness (QED) is 0.702. The number of aromatic nitrogens is 3. The number of carbonyl (C=O) groups excluding carboxylic acids is 2. The van der Waals surface area contributed by atoms with Gasteiger partial charge in [0.15, 0.2) is 5.82 Å². The molecular weight excluding hydrogens is 222 g/mol. The summed E-state index contributed by atoms with van der Waals surface area (Å²) in [6, 6.07) is 0. The van der Waals surface area contributed by atoms with Crippen LogP contribution < -0.4 is 10.6 Å². The molecule has 1 unspecified atom stereocenters. The Balaban J connectivity index is 1.81. The minimum absolute atomic E-state index is 0.0161. The zero-order chi connectivity index (χ0) is 12.3. The molecule has 2 N–H and O–H groups in total. The first-order valence-electron chi connectivity index (χ1n) is 5.54. The molecule has 2 rings (SSSR count). The third-order valence-corrected chi connectivity index (χ3v) is 2.86. The van der Waals surface area contributed by atoms with Gasteiger partial charge < -0.3 is 15.2 Å². The van der Waals surface area contributed by atoms with Crippen molar-refractivity contribution in [3.8, 4) is 0 Å². The molecule has 92 valence electrons. The van der Waals surface area contributed by atoms with E-state index in [2.05, 4.69) is 20.8 Å². The normalized spacial score (nSPS) is 19.8. The highest BCUT2D eigenvalue weighted by Crippen LogP contribution is 2.10. The molecule has 0 aromatic carbocycles. The maximum atomic E-state index is 11.8. The maximum Gasteiger partial charge on any atom is 0.225 e. The zero-order valence-corrected chi connectivity index (χ0v) is 9.64. The van der Waals surface area contributed by atoms with E-state index in [1.807, 2.05) is 7.05 Å². The third kappa shape index (κ3) is 2.80. The molecule has 1 aromatic heterocycles. The topological polar surface area (TPSA) is 88.9 Å². The molecule has 0 saturated carbocycles. The van der Waals surface area contributed by atoms with Crippen molar-refractivity contribution in [3.63, 3.8) is 0 Å². The number of piperidine rings is 1. The molecule has 17 heavy (non-hydrogen) atoms. The molecule has 7 heteroatoms. The summed E-state index contributed by atoms with van der Waals surface area (Å²) >= 11 is 0. The Morgan fingerprint density at radius 3 is 3.12 bits per heavy atom. The smallest absolute Gasteiger partial charge is 0.225 e. The van der Waals surface area contributed by atoms with Crippen molar-refractivity contribution in [1.29, 1.82) is 0 Å². The summed E-state index contributed by atoms with van der Waals surface area (Å²) in [5, 5.41) is 13.1. The lowest BCUT2D eigenvalue weighted by molar-refractivity contribution is -0.129. The average molecular weight is 237 g/mol. The Morgan fingerprint density at radius 1 is 1.71 bits per heavy atom. The summed E-state index contributed by atoms with van der Waals surface area (Å²) in [7, 11) is 1.82. The van der Waals surface area contributed by atoms with Gasteiger partial charge >= 0.3 is 0 Å². The van der Waals surface area contributed by atoms with Crippen molar-refractivity contribution < 1.29 is 9.59 Å². The molecule has 1 saturated heterocycles. The molecule has 1 fully saturated rings. The highest BCUT2D eigenvalue weighted by Gasteiger charge is 2.24. The van der Waals surface area contributed by atoms with Crippen LogP contribution in [0.25, 0.3) is 0 Å². The molecule has 0 spiro atoms. The number of hydrogen-bond acceptors (Lipinski definition) is 4. The van der Waals surface area contributed by atoms with Gasteiger partial charge in [-0.15, -0.1) is 10.2 Å². The molecule has 1 aliphatic rings. The Hall–Kier alpha value is -1.92. The molecular formula is C10H15N5O2. The number of rotatable bonds is 3. The van der Waals surface area contributed by atoms with Crippen molar-refractivity contribution in [2.24, 2.45) is 13.0 Å². The van der Waals surface area contributed by atoms with Gasteiger partial charge in [0.05, 0.1) is 12.5 Å². The van der Waals surface area contributed by atoms with Crippen LogP contribution in [0.2, 0.25) is 0 Å². The van der Waals surface area contributed by atoms with E-state index < -0.39 is 0 Å². The summed E-state index contributed by atoms with van der Waals surface area (Å²) in [6.45, 7) is 0.781. The highest BCUT2D eigenvalue weighted by atomic mass is 16.2. The Labute approximate surface area is 98.6 Å². The van der Waals surface area contributed by atoms with Gasteiger partial charge in [0.1, 0.15) is 6.33 Å². The fraction of sp³-hybridized carbons (Fsp3) is 0.600. The average Bonchev–Trinajstić information content (AvgIpc) is 2.73. The zero-order valence-electron chi connectivity index (χ0n) is 9.64. The SMILES string of the molecule is Cn1cnnc1CNC(=O)C1CCC(=O)NC1. The van der Waals surface area contributed by atoms with Crippen molar-refractivity contribution in [2.45, 2.75) is 19.4 Å². The lowest BCUT2D eigenvalue weighted by atomic mass is 9.98. The second kappa shape index (κ2) is 4.94. The van der Waals surface area contributed by atoms with E-state index in [-0.39, 0.29) is 17.7 Å².